The first-order chi connectivity index (χ1) is 4.75. The normalized spacial score (nSPS) is 20.8. The minimum absolute atomic E-state index is 1.32. The van der Waals surface area contributed by atoms with Crippen LogP contribution in [0.2, 0.25) is 0 Å². The van der Waals surface area contributed by atoms with Crippen LogP contribution in [-0.4, -0.2) is 45.9 Å². The molecule has 0 bridgehead atoms. The van der Waals surface area contributed by atoms with Gasteiger partial charge in [-0.05, 0) is 6.92 Å². The van der Waals surface area contributed by atoms with E-state index < -0.39 is 27.8 Å². The number of aliphatic hydroxyl groups excluding tert-OH is 2. The summed E-state index contributed by atoms with van der Waals surface area (Å²) in [5, 5.41) is 25.7. The minimum Gasteiger partial charge on any atom is -0.392 e. The van der Waals surface area contributed by atoms with Gasteiger partial charge in [0.2, 0.25) is 4.93 Å². The van der Waals surface area contributed by atoms with Crippen molar-refractivity contribution in [1.82, 2.24) is 0 Å². The van der Waals surface area contributed by atoms with E-state index in [1.54, 1.807) is 0 Å². The highest BCUT2D eigenvalue weighted by atomic mass is 32.2. The predicted octanol–water partition coefficient (Wildman–Crippen LogP) is -2.25. The van der Waals surface area contributed by atoms with Gasteiger partial charge >= 0.3 is 0 Å². The van der Waals surface area contributed by atoms with Gasteiger partial charge < -0.3 is 15.3 Å². The van der Waals surface area contributed by atoms with Crippen LogP contribution >= 0.6 is 0 Å². The van der Waals surface area contributed by atoms with Crippen molar-refractivity contribution in [2.45, 2.75) is 11.0 Å². The maximum atomic E-state index is 10.3. The second kappa shape index (κ2) is 3.03. The lowest BCUT2D eigenvalue weighted by atomic mass is 10.2. The van der Waals surface area contributed by atoms with Gasteiger partial charge in [0.1, 0.15) is 6.10 Å². The van der Waals surface area contributed by atoms with Gasteiger partial charge in [-0.15, -0.1) is 0 Å². The van der Waals surface area contributed by atoms with Gasteiger partial charge in [-0.25, -0.2) is 0 Å². The minimum atomic E-state index is -4.92. The fourth-order valence-corrected chi connectivity index (χ4v) is 0.866. The van der Waals surface area contributed by atoms with Crippen LogP contribution in [0.25, 0.3) is 0 Å². The lowest BCUT2D eigenvalue weighted by Crippen LogP contribution is -2.51. The first kappa shape index (κ1) is 10.8. The summed E-state index contributed by atoms with van der Waals surface area (Å²) >= 11 is 0. The summed E-state index contributed by atoms with van der Waals surface area (Å²) < 4.78 is 28.8. The third kappa shape index (κ3) is 1.88. The molecule has 7 heteroatoms. The Balaban J connectivity index is 4.92. The Morgan fingerprint density at radius 3 is 1.91 bits per heavy atom. The molecular weight excluding hydrogens is 176 g/mol. The third-order valence-electron chi connectivity index (χ3n) is 1.19. The Labute approximate surface area is 63.8 Å². The van der Waals surface area contributed by atoms with E-state index >= 15 is 0 Å². The second-order valence-electron chi connectivity index (χ2n) is 1.99. The highest BCUT2D eigenvalue weighted by Crippen LogP contribution is 2.15. The molecule has 0 aromatic carbocycles. The first-order valence-electron chi connectivity index (χ1n) is 2.57. The average Bonchev–Trinajstić information content (AvgIpc) is 1.83. The first-order valence-corrected chi connectivity index (χ1v) is 4.01. The van der Waals surface area contributed by atoms with E-state index in [-0.39, 0.29) is 0 Å². The summed E-state index contributed by atoms with van der Waals surface area (Å²) in [7, 11) is -4.92. The number of hydrogen-bond acceptors (Lipinski definition) is 5. The zero-order chi connectivity index (χ0) is 9.28. The summed E-state index contributed by atoms with van der Waals surface area (Å²) in [6, 6.07) is 0. The molecule has 2 atom stereocenters. The van der Waals surface area contributed by atoms with Gasteiger partial charge in [0, 0.05) is 0 Å². The third-order valence-corrected chi connectivity index (χ3v) is 2.49. The summed E-state index contributed by atoms with van der Waals surface area (Å²) in [6.45, 7) is 1.43. The van der Waals surface area contributed by atoms with Crippen LogP contribution in [0.4, 0.5) is 0 Å². The van der Waals surface area contributed by atoms with Crippen LogP contribution in [0.15, 0.2) is 0 Å². The molecule has 67 valence electrons. The maximum absolute atomic E-state index is 10.3. The van der Waals surface area contributed by atoms with Crippen LogP contribution in [0, 0.1) is 6.92 Å². The molecular formula is C4H9O6S. The smallest absolute Gasteiger partial charge is 0.300 e. The van der Waals surface area contributed by atoms with E-state index in [4.69, 9.17) is 19.9 Å². The molecule has 6 nitrogen and oxygen atoms in total. The summed E-state index contributed by atoms with van der Waals surface area (Å²) in [6.07, 6.45) is -2.01. The van der Waals surface area contributed by atoms with E-state index in [0.29, 0.717) is 0 Å². The molecule has 0 amide bonds. The van der Waals surface area contributed by atoms with Gasteiger partial charge in [0.25, 0.3) is 10.1 Å². The van der Waals surface area contributed by atoms with Crippen LogP contribution in [0.1, 0.15) is 0 Å². The van der Waals surface area contributed by atoms with Crippen LogP contribution in [0.5, 0.6) is 0 Å². The Bertz CT molecular complexity index is 219. The van der Waals surface area contributed by atoms with Crippen molar-refractivity contribution in [1.29, 1.82) is 0 Å². The Kier molecular flexibility index (Phi) is 2.98. The summed E-state index contributed by atoms with van der Waals surface area (Å²) in [5.41, 5.74) is 0. The molecule has 1 radical (unpaired) electrons. The zero-order valence-corrected chi connectivity index (χ0v) is 6.32. The van der Waals surface area contributed by atoms with E-state index in [9.17, 15) is 8.42 Å². The molecule has 2 unspecified atom stereocenters. The van der Waals surface area contributed by atoms with Crippen molar-refractivity contribution in [3.8, 4) is 0 Å². The largest absolute Gasteiger partial charge is 0.392 e. The van der Waals surface area contributed by atoms with Gasteiger partial charge in [0.15, 0.2) is 0 Å². The fraction of sp³-hybridized carbons (Fsp3) is 0.750. The van der Waals surface area contributed by atoms with Crippen LogP contribution in [0.3, 0.4) is 0 Å². The molecule has 0 aromatic rings. The second-order valence-corrected chi connectivity index (χ2v) is 3.65. The molecule has 0 saturated carbocycles. The monoisotopic (exact) mass is 185 g/mol. The molecule has 0 saturated heterocycles. The fourth-order valence-electron chi connectivity index (χ4n) is 0.359. The highest BCUT2D eigenvalue weighted by molar-refractivity contribution is 7.87. The number of rotatable bonds is 3. The van der Waals surface area contributed by atoms with Gasteiger partial charge in [0.05, 0.1) is 6.61 Å². The Morgan fingerprint density at radius 2 is 1.91 bits per heavy atom. The molecule has 11 heavy (non-hydrogen) atoms. The quantitative estimate of drug-likeness (QED) is 0.369. The number of aliphatic hydroxyl groups is 3. The van der Waals surface area contributed by atoms with E-state index in [2.05, 4.69) is 6.92 Å². The molecule has 4 N–H and O–H groups in total. The van der Waals surface area contributed by atoms with E-state index in [1.807, 2.05) is 0 Å². The van der Waals surface area contributed by atoms with Gasteiger partial charge in [-0.1, -0.05) is 0 Å². The van der Waals surface area contributed by atoms with Crippen molar-refractivity contribution in [3.63, 3.8) is 0 Å². The lowest BCUT2D eigenvalue weighted by Gasteiger charge is -2.24. The molecule has 0 rings (SSSR count). The zero-order valence-electron chi connectivity index (χ0n) is 5.51. The van der Waals surface area contributed by atoms with Gasteiger partial charge in [-0.2, -0.15) is 8.42 Å². The van der Waals surface area contributed by atoms with Crippen molar-refractivity contribution < 1.29 is 28.3 Å². The predicted molar refractivity (Wildman–Crippen MR) is 34.9 cm³/mol. The van der Waals surface area contributed by atoms with Crippen LogP contribution in [-0.2, 0) is 10.1 Å². The Hall–Kier alpha value is -0.210. The van der Waals surface area contributed by atoms with Crippen molar-refractivity contribution in [3.05, 3.63) is 6.92 Å². The maximum Gasteiger partial charge on any atom is 0.300 e. The highest BCUT2D eigenvalue weighted by Gasteiger charge is 2.45. The van der Waals surface area contributed by atoms with Gasteiger partial charge in [-0.3, -0.25) is 4.55 Å². The van der Waals surface area contributed by atoms with Crippen LogP contribution < -0.4 is 0 Å². The van der Waals surface area contributed by atoms with Crippen molar-refractivity contribution in [2.24, 2.45) is 0 Å². The summed E-state index contributed by atoms with van der Waals surface area (Å²) in [5.74, 6) is 0. The Morgan fingerprint density at radius 1 is 1.55 bits per heavy atom. The average molecular weight is 185 g/mol. The van der Waals surface area contributed by atoms with Crippen molar-refractivity contribution >= 4 is 10.1 Å². The SMILES string of the molecule is [CH2]C(O)C(O)(CO)S(=O)(=O)O. The molecule has 0 aromatic heterocycles. The molecule has 0 fully saturated rings. The molecule has 0 aliphatic carbocycles. The summed E-state index contributed by atoms with van der Waals surface area (Å²) in [4.78, 5) is -2.99. The van der Waals surface area contributed by atoms with E-state index in [0.717, 1.165) is 0 Å². The molecule has 0 spiro atoms. The molecule has 0 aliphatic heterocycles. The lowest BCUT2D eigenvalue weighted by molar-refractivity contribution is -0.0312. The number of hydrogen-bond donors (Lipinski definition) is 4. The topological polar surface area (TPSA) is 115 Å². The van der Waals surface area contributed by atoms with E-state index in [1.165, 1.54) is 0 Å². The van der Waals surface area contributed by atoms with Crippen molar-refractivity contribution in [2.75, 3.05) is 6.61 Å². The molecule has 0 heterocycles. The molecule has 0 aliphatic rings. The standard InChI is InChI=1S/C4H9O6S/c1-3(6)4(7,2-5)11(8,9)10/h3,5-7H,1-2H2,(H,8,9,10).